The lowest BCUT2D eigenvalue weighted by Gasteiger charge is -2.36. The number of carbonyl (C=O) groups is 2. The molecule has 3 aromatic rings. The highest BCUT2D eigenvalue weighted by atomic mass is 19.4. The molecular formula is C37H46F3N3O5. The van der Waals surface area contributed by atoms with E-state index >= 15 is 0 Å². The van der Waals surface area contributed by atoms with E-state index in [1.807, 2.05) is 31.9 Å². The standard InChI is InChI=1S/C37H46F3N3O5/c1-25-21-43(26(2)24-44)36(46)32-20-31(41-35(45)29-11-6-5-7-12-29)17-18-33(32)48-27(3)10-8-9-19-47-34(25)23-42(4)22-28-13-15-30(16-14-28)37(38,39)40/h5-7,11-18,20,25-27,34,44H,8-10,19,21-24H2,1-4H3,(H,41,45)/t25-,26-,27+,34-/m0/s1. The van der Waals surface area contributed by atoms with Crippen LogP contribution in [0.4, 0.5) is 18.9 Å². The number of alkyl halides is 3. The highest BCUT2D eigenvalue weighted by Gasteiger charge is 2.32. The van der Waals surface area contributed by atoms with Crippen molar-refractivity contribution < 1.29 is 37.3 Å². The van der Waals surface area contributed by atoms with Crippen LogP contribution in [0.2, 0.25) is 0 Å². The van der Waals surface area contributed by atoms with Crippen LogP contribution in [0.5, 0.6) is 5.75 Å². The maximum absolute atomic E-state index is 14.3. The van der Waals surface area contributed by atoms with Gasteiger partial charge in [-0.15, -0.1) is 0 Å². The van der Waals surface area contributed by atoms with Crippen LogP contribution in [-0.4, -0.2) is 78.3 Å². The van der Waals surface area contributed by atoms with Gasteiger partial charge in [0.2, 0.25) is 0 Å². The Morgan fingerprint density at radius 1 is 1.06 bits per heavy atom. The van der Waals surface area contributed by atoms with Crippen LogP contribution in [0.1, 0.15) is 71.9 Å². The average Bonchev–Trinajstić information content (AvgIpc) is 3.06. The van der Waals surface area contributed by atoms with Crippen LogP contribution in [0.25, 0.3) is 0 Å². The molecule has 1 aliphatic rings. The number of nitrogens with zero attached hydrogens (tertiary/aromatic N) is 2. The molecule has 1 heterocycles. The molecule has 0 bridgehead atoms. The minimum atomic E-state index is -4.39. The number of ether oxygens (including phenoxy) is 2. The van der Waals surface area contributed by atoms with E-state index in [-0.39, 0.29) is 48.7 Å². The van der Waals surface area contributed by atoms with E-state index in [1.54, 1.807) is 54.3 Å². The highest BCUT2D eigenvalue weighted by Crippen LogP contribution is 2.30. The minimum absolute atomic E-state index is 0.176. The molecule has 0 spiro atoms. The Hall–Kier alpha value is -3.93. The SMILES string of the molecule is C[C@@H]1CCCCO[C@@H](CN(C)Cc2ccc(C(F)(F)F)cc2)[C@@H](C)CN([C@@H](C)CO)C(=O)c2cc(NC(=O)c3ccccc3)ccc2O1. The van der Waals surface area contributed by atoms with Crippen LogP contribution in [0, 0.1) is 5.92 Å². The third kappa shape index (κ3) is 10.3. The van der Waals surface area contributed by atoms with Crippen LogP contribution < -0.4 is 10.1 Å². The molecule has 0 saturated heterocycles. The summed E-state index contributed by atoms with van der Waals surface area (Å²) >= 11 is 0. The van der Waals surface area contributed by atoms with Gasteiger partial charge in [-0.2, -0.15) is 13.2 Å². The van der Waals surface area contributed by atoms with E-state index in [2.05, 4.69) is 5.32 Å². The third-order valence-electron chi connectivity index (χ3n) is 8.57. The van der Waals surface area contributed by atoms with E-state index in [4.69, 9.17) is 9.47 Å². The first-order valence-corrected chi connectivity index (χ1v) is 16.4. The molecule has 48 heavy (non-hydrogen) atoms. The molecule has 1 aliphatic heterocycles. The Labute approximate surface area is 280 Å². The molecule has 2 amide bonds. The summed E-state index contributed by atoms with van der Waals surface area (Å²) in [5.41, 5.74) is 1.24. The van der Waals surface area contributed by atoms with Gasteiger partial charge in [-0.25, -0.2) is 0 Å². The number of hydrogen-bond acceptors (Lipinski definition) is 6. The zero-order chi connectivity index (χ0) is 34.8. The molecule has 2 N–H and O–H groups in total. The maximum Gasteiger partial charge on any atom is 0.416 e. The lowest BCUT2D eigenvalue weighted by molar-refractivity contribution is -0.137. The summed E-state index contributed by atoms with van der Waals surface area (Å²) in [5, 5.41) is 13.1. The molecular weight excluding hydrogens is 623 g/mol. The van der Waals surface area contributed by atoms with E-state index in [9.17, 15) is 27.9 Å². The van der Waals surface area contributed by atoms with Crippen molar-refractivity contribution in [3.05, 3.63) is 95.1 Å². The van der Waals surface area contributed by atoms with Gasteiger partial charge >= 0.3 is 6.18 Å². The van der Waals surface area contributed by atoms with Crippen LogP contribution in [-0.2, 0) is 17.5 Å². The van der Waals surface area contributed by atoms with Crippen molar-refractivity contribution in [2.45, 2.75) is 71.0 Å². The maximum atomic E-state index is 14.3. The number of aliphatic hydroxyl groups excluding tert-OH is 1. The molecule has 260 valence electrons. The van der Waals surface area contributed by atoms with Crippen molar-refractivity contribution in [1.29, 1.82) is 0 Å². The topological polar surface area (TPSA) is 91.3 Å². The van der Waals surface area contributed by atoms with Crippen molar-refractivity contribution in [1.82, 2.24) is 9.80 Å². The number of hydrogen-bond donors (Lipinski definition) is 2. The number of benzene rings is 3. The van der Waals surface area contributed by atoms with Gasteiger partial charge in [0.1, 0.15) is 5.75 Å². The number of nitrogens with one attached hydrogen (secondary N) is 1. The molecule has 4 atom stereocenters. The second-order valence-corrected chi connectivity index (χ2v) is 12.7. The Morgan fingerprint density at radius 2 is 1.77 bits per heavy atom. The van der Waals surface area contributed by atoms with Gasteiger partial charge in [-0.1, -0.05) is 37.3 Å². The quantitative estimate of drug-likeness (QED) is 0.272. The van der Waals surface area contributed by atoms with Crippen LogP contribution in [0.15, 0.2) is 72.8 Å². The summed E-state index contributed by atoms with van der Waals surface area (Å²) in [7, 11) is 1.89. The molecule has 0 aliphatic carbocycles. The predicted octanol–water partition coefficient (Wildman–Crippen LogP) is 6.89. The number of amides is 2. The van der Waals surface area contributed by atoms with Crippen molar-refractivity contribution >= 4 is 17.5 Å². The molecule has 0 saturated carbocycles. The van der Waals surface area contributed by atoms with Crippen LogP contribution in [0.3, 0.4) is 0 Å². The van der Waals surface area contributed by atoms with E-state index in [0.717, 1.165) is 37.0 Å². The fourth-order valence-corrected chi connectivity index (χ4v) is 5.74. The Bertz CT molecular complexity index is 1490. The Balaban J connectivity index is 1.58. The number of aliphatic hydroxyl groups is 1. The van der Waals surface area contributed by atoms with Gasteiger partial charge in [0, 0.05) is 43.4 Å². The molecule has 8 nitrogen and oxygen atoms in total. The fourth-order valence-electron chi connectivity index (χ4n) is 5.74. The van der Waals surface area contributed by atoms with Crippen molar-refractivity contribution in [3.63, 3.8) is 0 Å². The third-order valence-corrected chi connectivity index (χ3v) is 8.57. The molecule has 0 radical (unpaired) electrons. The monoisotopic (exact) mass is 669 g/mol. The fraction of sp³-hybridized carbons (Fsp3) is 0.459. The molecule has 3 aromatic carbocycles. The summed E-state index contributed by atoms with van der Waals surface area (Å²) < 4.78 is 51.8. The highest BCUT2D eigenvalue weighted by molar-refractivity contribution is 6.05. The first-order chi connectivity index (χ1) is 22.8. The summed E-state index contributed by atoms with van der Waals surface area (Å²) in [6, 6.07) is 18.4. The zero-order valence-electron chi connectivity index (χ0n) is 28.0. The molecule has 0 aromatic heterocycles. The van der Waals surface area contributed by atoms with Gasteiger partial charge in [0.05, 0.1) is 36.0 Å². The first-order valence-electron chi connectivity index (χ1n) is 16.4. The largest absolute Gasteiger partial charge is 0.490 e. The normalized spacial score (nSPS) is 20.4. The second kappa shape index (κ2) is 16.9. The summed E-state index contributed by atoms with van der Waals surface area (Å²) in [6.45, 7) is 7.09. The van der Waals surface area contributed by atoms with Gasteiger partial charge in [0.15, 0.2) is 0 Å². The Morgan fingerprint density at radius 3 is 2.44 bits per heavy atom. The second-order valence-electron chi connectivity index (χ2n) is 12.7. The van der Waals surface area contributed by atoms with Gasteiger partial charge in [0.25, 0.3) is 11.8 Å². The predicted molar refractivity (Wildman–Crippen MR) is 179 cm³/mol. The van der Waals surface area contributed by atoms with Crippen LogP contribution >= 0.6 is 0 Å². The van der Waals surface area contributed by atoms with Gasteiger partial charge in [-0.3, -0.25) is 14.5 Å². The molecule has 11 heteroatoms. The molecule has 4 rings (SSSR count). The van der Waals surface area contributed by atoms with Gasteiger partial charge in [-0.05, 0) is 88.2 Å². The smallest absolute Gasteiger partial charge is 0.416 e. The van der Waals surface area contributed by atoms with Crippen molar-refractivity contribution in [2.75, 3.05) is 38.7 Å². The van der Waals surface area contributed by atoms with E-state index in [0.29, 0.717) is 36.7 Å². The van der Waals surface area contributed by atoms with E-state index in [1.165, 1.54) is 12.1 Å². The van der Waals surface area contributed by atoms with E-state index < -0.39 is 17.8 Å². The number of carbonyl (C=O) groups excluding carboxylic acids is 2. The van der Waals surface area contributed by atoms with Crippen molar-refractivity contribution in [2.24, 2.45) is 5.92 Å². The van der Waals surface area contributed by atoms with Crippen molar-refractivity contribution in [3.8, 4) is 5.75 Å². The number of fused-ring (bicyclic) bond motifs is 1. The summed E-state index contributed by atoms with van der Waals surface area (Å²) in [4.78, 5) is 30.9. The van der Waals surface area contributed by atoms with Gasteiger partial charge < -0.3 is 24.8 Å². The number of rotatable bonds is 8. The minimum Gasteiger partial charge on any atom is -0.490 e. The number of anilines is 1. The lowest BCUT2D eigenvalue weighted by Crippen LogP contribution is -2.47. The first kappa shape index (κ1) is 36.9. The Kier molecular flexibility index (Phi) is 13.0. The number of halogens is 3. The lowest BCUT2D eigenvalue weighted by atomic mass is 10.0. The zero-order valence-corrected chi connectivity index (χ0v) is 28.0. The number of likely N-dealkylation sites (N-methyl/N-ethyl adjacent to an activating group) is 1. The summed E-state index contributed by atoms with van der Waals surface area (Å²) in [6.07, 6.45) is -2.53. The molecule has 0 unspecified atom stereocenters. The molecule has 0 fully saturated rings. The average molecular weight is 670 g/mol. The summed E-state index contributed by atoms with van der Waals surface area (Å²) in [5.74, 6) is -0.442.